The van der Waals surface area contributed by atoms with Crippen LogP contribution < -0.4 is 5.73 Å². The van der Waals surface area contributed by atoms with Crippen LogP contribution in [0.2, 0.25) is 0 Å². The quantitative estimate of drug-likeness (QED) is 0.737. The van der Waals surface area contributed by atoms with Gasteiger partial charge in [0.15, 0.2) is 0 Å². The highest BCUT2D eigenvalue weighted by Gasteiger charge is 2.32. The van der Waals surface area contributed by atoms with Crippen LogP contribution in [0, 0.1) is 5.92 Å². The molecule has 1 atom stereocenters. The first-order valence-electron chi connectivity index (χ1n) is 6.60. The van der Waals surface area contributed by atoms with E-state index >= 15 is 0 Å². The maximum Gasteiger partial charge on any atom is 0.225 e. The molecule has 0 saturated heterocycles. The molecule has 0 spiro atoms. The zero-order chi connectivity index (χ0) is 12.8. The standard InChI is InChI=1S/C13H26N2O2.ClH/c1-10(2)6-7-15(11-4-5-11)13(16)8-12(9-14)17-3;/h10-12H,4-9,14H2,1-3H3;1H. The third-order valence-electron chi connectivity index (χ3n) is 3.25. The van der Waals surface area contributed by atoms with Crippen LogP contribution in [0.5, 0.6) is 0 Å². The van der Waals surface area contributed by atoms with Gasteiger partial charge in [-0.05, 0) is 25.2 Å². The molecule has 0 aliphatic heterocycles. The van der Waals surface area contributed by atoms with Crippen LogP contribution in [0.25, 0.3) is 0 Å². The fraction of sp³-hybridized carbons (Fsp3) is 0.923. The third-order valence-corrected chi connectivity index (χ3v) is 3.25. The molecule has 2 N–H and O–H groups in total. The topological polar surface area (TPSA) is 55.6 Å². The van der Waals surface area contributed by atoms with Gasteiger partial charge in [0, 0.05) is 26.2 Å². The Kier molecular flexibility index (Phi) is 8.57. The second kappa shape index (κ2) is 8.73. The van der Waals surface area contributed by atoms with Crippen molar-refractivity contribution < 1.29 is 9.53 Å². The maximum absolute atomic E-state index is 12.2. The summed E-state index contributed by atoms with van der Waals surface area (Å²) in [6.07, 6.45) is 3.67. The lowest BCUT2D eigenvalue weighted by Gasteiger charge is -2.25. The average Bonchev–Trinajstić information content (AvgIpc) is 3.10. The fourth-order valence-corrected chi connectivity index (χ4v) is 1.87. The number of hydrogen-bond donors (Lipinski definition) is 1. The summed E-state index contributed by atoms with van der Waals surface area (Å²) in [5.41, 5.74) is 5.55. The number of nitrogens with zero attached hydrogens (tertiary/aromatic N) is 1. The van der Waals surface area contributed by atoms with Gasteiger partial charge in [-0.15, -0.1) is 12.4 Å². The van der Waals surface area contributed by atoms with Crippen LogP contribution in [0.1, 0.15) is 39.5 Å². The Morgan fingerprint density at radius 2 is 2.06 bits per heavy atom. The molecule has 0 heterocycles. The second-order valence-corrected chi connectivity index (χ2v) is 5.30. The predicted octanol–water partition coefficient (Wildman–Crippen LogP) is 1.81. The zero-order valence-electron chi connectivity index (χ0n) is 11.7. The van der Waals surface area contributed by atoms with Crippen LogP contribution in [-0.2, 0) is 9.53 Å². The SMILES string of the molecule is COC(CN)CC(=O)N(CCC(C)C)C1CC1.Cl. The van der Waals surface area contributed by atoms with E-state index in [1.807, 2.05) is 4.90 Å². The molecular weight excluding hydrogens is 252 g/mol. The second-order valence-electron chi connectivity index (χ2n) is 5.30. The van der Waals surface area contributed by atoms with Crippen molar-refractivity contribution in [1.29, 1.82) is 0 Å². The average molecular weight is 279 g/mol. The van der Waals surface area contributed by atoms with Crippen LogP contribution in [0.4, 0.5) is 0 Å². The minimum Gasteiger partial charge on any atom is -0.380 e. The van der Waals surface area contributed by atoms with Crippen LogP contribution >= 0.6 is 12.4 Å². The number of methoxy groups -OCH3 is 1. The van der Waals surface area contributed by atoms with Crippen molar-refractivity contribution in [1.82, 2.24) is 4.90 Å². The van der Waals surface area contributed by atoms with Crippen molar-refractivity contribution in [3.8, 4) is 0 Å². The molecule has 0 bridgehead atoms. The van der Waals surface area contributed by atoms with Gasteiger partial charge in [-0.25, -0.2) is 0 Å². The molecule has 0 aromatic heterocycles. The van der Waals surface area contributed by atoms with E-state index in [1.54, 1.807) is 7.11 Å². The number of carbonyl (C=O) groups excluding carboxylic acids is 1. The Bertz CT molecular complexity index is 241. The maximum atomic E-state index is 12.2. The number of halogens is 1. The third kappa shape index (κ3) is 6.03. The van der Waals surface area contributed by atoms with Gasteiger partial charge in [0.05, 0.1) is 12.5 Å². The zero-order valence-corrected chi connectivity index (χ0v) is 12.5. The smallest absolute Gasteiger partial charge is 0.225 e. The van der Waals surface area contributed by atoms with Crippen molar-refractivity contribution in [3.05, 3.63) is 0 Å². The molecule has 4 nitrogen and oxygen atoms in total. The fourth-order valence-electron chi connectivity index (χ4n) is 1.87. The van der Waals surface area contributed by atoms with E-state index in [-0.39, 0.29) is 24.4 Å². The van der Waals surface area contributed by atoms with Gasteiger partial charge >= 0.3 is 0 Å². The predicted molar refractivity (Wildman–Crippen MR) is 75.9 cm³/mol. The molecule has 1 fully saturated rings. The van der Waals surface area contributed by atoms with E-state index in [9.17, 15) is 4.79 Å². The van der Waals surface area contributed by atoms with Gasteiger partial charge in [-0.1, -0.05) is 13.8 Å². The highest BCUT2D eigenvalue weighted by Crippen LogP contribution is 2.28. The highest BCUT2D eigenvalue weighted by molar-refractivity contribution is 5.85. The lowest BCUT2D eigenvalue weighted by atomic mass is 10.1. The molecule has 18 heavy (non-hydrogen) atoms. The molecule has 0 aromatic carbocycles. The molecule has 1 aliphatic rings. The Balaban J connectivity index is 0.00000289. The first kappa shape index (κ1) is 17.7. The largest absolute Gasteiger partial charge is 0.380 e. The molecule has 1 unspecified atom stereocenters. The first-order valence-corrected chi connectivity index (χ1v) is 6.60. The van der Waals surface area contributed by atoms with Crippen LogP contribution in [0.15, 0.2) is 0 Å². The molecule has 0 aromatic rings. The number of nitrogens with two attached hydrogens (primary N) is 1. The molecule has 1 aliphatic carbocycles. The molecule has 5 heteroatoms. The lowest BCUT2D eigenvalue weighted by Crippen LogP contribution is -2.38. The molecule has 1 rings (SSSR count). The Hall–Kier alpha value is -0.320. The highest BCUT2D eigenvalue weighted by atomic mass is 35.5. The van der Waals surface area contributed by atoms with Crippen molar-refractivity contribution in [2.45, 2.75) is 51.7 Å². The number of carbonyl (C=O) groups is 1. The van der Waals surface area contributed by atoms with Gasteiger partial charge in [-0.3, -0.25) is 4.79 Å². The summed E-state index contributed by atoms with van der Waals surface area (Å²) in [5.74, 6) is 0.835. The van der Waals surface area contributed by atoms with E-state index in [0.717, 1.165) is 25.8 Å². The number of amides is 1. The van der Waals surface area contributed by atoms with Crippen molar-refractivity contribution in [2.75, 3.05) is 20.2 Å². The van der Waals surface area contributed by atoms with Gasteiger partial charge in [0.1, 0.15) is 0 Å². The minimum absolute atomic E-state index is 0. The molecule has 0 radical (unpaired) electrons. The van der Waals surface area contributed by atoms with Crippen molar-refractivity contribution >= 4 is 18.3 Å². The Morgan fingerprint density at radius 3 is 2.44 bits per heavy atom. The minimum atomic E-state index is -0.136. The molecular formula is C13H27ClN2O2. The first-order chi connectivity index (χ1) is 8.08. The van der Waals surface area contributed by atoms with Gasteiger partial charge in [0.2, 0.25) is 5.91 Å². The van der Waals surface area contributed by atoms with E-state index in [1.165, 1.54) is 0 Å². The molecule has 1 saturated carbocycles. The summed E-state index contributed by atoms with van der Waals surface area (Å²) >= 11 is 0. The Morgan fingerprint density at radius 1 is 1.44 bits per heavy atom. The van der Waals surface area contributed by atoms with E-state index in [4.69, 9.17) is 10.5 Å². The van der Waals surface area contributed by atoms with E-state index < -0.39 is 0 Å². The van der Waals surface area contributed by atoms with E-state index in [2.05, 4.69) is 13.8 Å². The summed E-state index contributed by atoms with van der Waals surface area (Å²) in [5, 5.41) is 0. The van der Waals surface area contributed by atoms with Crippen molar-refractivity contribution in [3.63, 3.8) is 0 Å². The summed E-state index contributed by atoms with van der Waals surface area (Å²) in [6, 6.07) is 0.483. The van der Waals surface area contributed by atoms with Gasteiger partial charge in [-0.2, -0.15) is 0 Å². The monoisotopic (exact) mass is 278 g/mol. The normalized spacial score (nSPS) is 16.3. The van der Waals surface area contributed by atoms with Crippen LogP contribution in [-0.4, -0.2) is 43.2 Å². The molecule has 108 valence electrons. The van der Waals surface area contributed by atoms with Gasteiger partial charge < -0.3 is 15.4 Å². The van der Waals surface area contributed by atoms with Gasteiger partial charge in [0.25, 0.3) is 0 Å². The summed E-state index contributed by atoms with van der Waals surface area (Å²) in [4.78, 5) is 14.2. The summed E-state index contributed by atoms with van der Waals surface area (Å²) in [7, 11) is 1.61. The molecule has 1 amide bonds. The number of hydrogen-bond acceptors (Lipinski definition) is 3. The lowest BCUT2D eigenvalue weighted by molar-refractivity contribution is -0.134. The summed E-state index contributed by atoms with van der Waals surface area (Å²) in [6.45, 7) is 5.66. The number of rotatable bonds is 8. The number of ether oxygens (including phenoxy) is 1. The summed E-state index contributed by atoms with van der Waals surface area (Å²) < 4.78 is 5.17. The van der Waals surface area contributed by atoms with Crippen LogP contribution in [0.3, 0.4) is 0 Å². The van der Waals surface area contributed by atoms with E-state index in [0.29, 0.717) is 24.9 Å². The Labute approximate surface area is 117 Å². The van der Waals surface area contributed by atoms with Crippen molar-refractivity contribution in [2.24, 2.45) is 11.7 Å².